The lowest BCUT2D eigenvalue weighted by Crippen LogP contribution is -2.05. The van der Waals surface area contributed by atoms with E-state index in [4.69, 9.17) is 20.5 Å². The molecular weight excluding hydrogens is 444 g/mol. The topological polar surface area (TPSA) is 52.6 Å². The van der Waals surface area contributed by atoms with Crippen molar-refractivity contribution in [3.8, 4) is 33.8 Å². The first kappa shape index (κ1) is 23.9. The molecule has 0 radical (unpaired) electrons. The van der Waals surface area contributed by atoms with E-state index in [2.05, 4.69) is 26.0 Å². The number of ether oxygens (including phenoxy) is 1. The van der Waals surface area contributed by atoms with Crippen molar-refractivity contribution in [2.75, 3.05) is 12.9 Å². The Labute approximate surface area is 195 Å². The van der Waals surface area contributed by atoms with Crippen LogP contribution in [0.3, 0.4) is 0 Å². The third kappa shape index (κ3) is 6.15. The second-order valence-electron chi connectivity index (χ2n) is 8.03. The fourth-order valence-electron chi connectivity index (χ4n) is 3.39. The van der Waals surface area contributed by atoms with Crippen LogP contribution in [0.2, 0.25) is 5.02 Å². The van der Waals surface area contributed by atoms with E-state index in [-0.39, 0.29) is 0 Å². The Morgan fingerprint density at radius 1 is 0.906 bits per heavy atom. The first-order valence-corrected chi connectivity index (χ1v) is 12.4. The van der Waals surface area contributed by atoms with Crippen LogP contribution < -0.4 is 8.92 Å². The zero-order valence-corrected chi connectivity index (χ0v) is 20.5. The molecule has 0 amide bonds. The Morgan fingerprint density at radius 3 is 2.00 bits per heavy atom. The zero-order chi connectivity index (χ0) is 23.5. The summed E-state index contributed by atoms with van der Waals surface area (Å²) in [6.45, 7) is 8.66. The maximum atomic E-state index is 11.3. The van der Waals surface area contributed by atoms with Crippen molar-refractivity contribution >= 4 is 21.7 Å². The van der Waals surface area contributed by atoms with Gasteiger partial charge in [0, 0.05) is 0 Å². The highest BCUT2D eigenvalue weighted by molar-refractivity contribution is 7.86. The summed E-state index contributed by atoms with van der Waals surface area (Å²) in [5.74, 6) is 0.957. The summed E-state index contributed by atoms with van der Waals surface area (Å²) in [7, 11) is -3.54. The van der Waals surface area contributed by atoms with Gasteiger partial charge >= 0.3 is 10.1 Å². The summed E-state index contributed by atoms with van der Waals surface area (Å²) in [5, 5.41) is 0.576. The summed E-state index contributed by atoms with van der Waals surface area (Å²) in [5.41, 5.74) is 7.58. The quantitative estimate of drug-likeness (QED) is 0.276. The highest BCUT2D eigenvalue weighted by Gasteiger charge is 2.12. The summed E-state index contributed by atoms with van der Waals surface area (Å²) in [6.07, 6.45) is 3.04. The first-order chi connectivity index (χ1) is 15.0. The number of halogens is 1. The van der Waals surface area contributed by atoms with Gasteiger partial charge in [-0.1, -0.05) is 47.5 Å². The van der Waals surface area contributed by atoms with Gasteiger partial charge in [-0.25, -0.2) is 0 Å². The lowest BCUT2D eigenvalue weighted by molar-refractivity contribution is 0.362. The lowest BCUT2D eigenvalue weighted by Gasteiger charge is -2.14. The van der Waals surface area contributed by atoms with Crippen molar-refractivity contribution in [1.82, 2.24) is 0 Å². The minimum atomic E-state index is -3.54. The summed E-state index contributed by atoms with van der Waals surface area (Å²) in [6, 6.07) is 17.2. The Morgan fingerprint density at radius 2 is 1.47 bits per heavy atom. The van der Waals surface area contributed by atoms with E-state index >= 15 is 0 Å². The van der Waals surface area contributed by atoms with Crippen molar-refractivity contribution in [1.29, 1.82) is 0 Å². The molecule has 0 saturated heterocycles. The molecule has 168 valence electrons. The highest BCUT2D eigenvalue weighted by atomic mass is 35.5. The summed E-state index contributed by atoms with van der Waals surface area (Å²) in [4.78, 5) is 0. The van der Waals surface area contributed by atoms with Crippen LogP contribution in [0, 0.1) is 13.8 Å². The largest absolute Gasteiger partial charge is 0.488 e. The third-order valence-corrected chi connectivity index (χ3v) is 5.75. The first-order valence-electron chi connectivity index (χ1n) is 10.2. The molecule has 0 unspecified atom stereocenters. The molecule has 3 rings (SSSR count). The third-order valence-electron chi connectivity index (χ3n) is 4.96. The fourth-order valence-corrected chi connectivity index (χ4v) is 4.08. The van der Waals surface area contributed by atoms with Crippen LogP contribution in [0.5, 0.6) is 11.5 Å². The van der Waals surface area contributed by atoms with E-state index in [0.29, 0.717) is 23.1 Å². The van der Waals surface area contributed by atoms with Gasteiger partial charge in [-0.3, -0.25) is 0 Å². The molecule has 6 heteroatoms. The van der Waals surface area contributed by atoms with Crippen molar-refractivity contribution in [2.24, 2.45) is 0 Å². The Kier molecular flexibility index (Phi) is 7.32. The SMILES string of the molecule is CC(C)=CCOc1ccc(-c2cc(C)c(-c3ccc(OS(C)(=O)=O)cc3)cc2C)cc1Cl. The van der Waals surface area contributed by atoms with Crippen LogP contribution in [0.15, 0.2) is 66.2 Å². The fraction of sp³-hybridized carbons (Fsp3) is 0.231. The monoisotopic (exact) mass is 470 g/mol. The van der Waals surface area contributed by atoms with E-state index < -0.39 is 10.1 Å². The highest BCUT2D eigenvalue weighted by Crippen LogP contribution is 2.35. The molecule has 0 saturated carbocycles. The molecule has 4 nitrogen and oxygen atoms in total. The van der Waals surface area contributed by atoms with Gasteiger partial charge in [-0.2, -0.15) is 8.42 Å². The van der Waals surface area contributed by atoms with Crippen molar-refractivity contribution in [2.45, 2.75) is 27.7 Å². The smallest absolute Gasteiger partial charge is 0.306 e. The van der Waals surface area contributed by atoms with Gasteiger partial charge in [0.05, 0.1) is 11.3 Å². The molecule has 0 fully saturated rings. The predicted octanol–water partition coefficient (Wildman–Crippen LogP) is 6.97. The van der Waals surface area contributed by atoms with E-state index in [9.17, 15) is 8.42 Å². The van der Waals surface area contributed by atoms with E-state index in [1.807, 2.05) is 50.3 Å². The number of benzene rings is 3. The zero-order valence-electron chi connectivity index (χ0n) is 18.9. The summed E-state index contributed by atoms with van der Waals surface area (Å²) < 4.78 is 33.3. The lowest BCUT2D eigenvalue weighted by atomic mass is 9.92. The maximum Gasteiger partial charge on any atom is 0.306 e. The number of hydrogen-bond acceptors (Lipinski definition) is 4. The molecule has 0 N–H and O–H groups in total. The number of aryl methyl sites for hydroxylation is 2. The van der Waals surface area contributed by atoms with Gasteiger partial charge in [0.15, 0.2) is 0 Å². The van der Waals surface area contributed by atoms with Crippen LogP contribution in [0.25, 0.3) is 22.3 Å². The predicted molar refractivity (Wildman–Crippen MR) is 132 cm³/mol. The number of hydrogen-bond donors (Lipinski definition) is 0. The van der Waals surface area contributed by atoms with Crippen LogP contribution in [-0.4, -0.2) is 21.3 Å². The second-order valence-corrected chi connectivity index (χ2v) is 10.0. The molecule has 0 aliphatic heterocycles. The molecule has 0 aliphatic rings. The Bertz CT molecular complexity index is 1260. The standard InChI is InChI=1S/C26H27ClO4S/c1-17(2)12-13-30-26-11-8-21(16-25(26)27)24-15-18(3)23(14-19(24)4)20-6-9-22(10-7-20)31-32(5,28)29/h6-12,14-16H,13H2,1-5H3. The van der Waals surface area contributed by atoms with Crippen LogP contribution in [0.4, 0.5) is 0 Å². The van der Waals surface area contributed by atoms with Crippen LogP contribution in [-0.2, 0) is 10.1 Å². The van der Waals surface area contributed by atoms with Gasteiger partial charge in [0.25, 0.3) is 0 Å². The van der Waals surface area contributed by atoms with E-state index in [1.54, 1.807) is 12.1 Å². The molecule has 0 spiro atoms. The Balaban J connectivity index is 1.87. The summed E-state index contributed by atoms with van der Waals surface area (Å²) >= 11 is 6.47. The molecule has 3 aromatic carbocycles. The van der Waals surface area contributed by atoms with E-state index in [1.165, 1.54) is 5.57 Å². The minimum absolute atomic E-state index is 0.295. The molecule has 0 bridgehead atoms. The van der Waals surface area contributed by atoms with Crippen LogP contribution >= 0.6 is 11.6 Å². The van der Waals surface area contributed by atoms with Gasteiger partial charge in [0.1, 0.15) is 18.1 Å². The molecule has 0 aromatic heterocycles. The number of allylic oxidation sites excluding steroid dienone is 1. The second kappa shape index (κ2) is 9.80. The molecule has 0 aliphatic carbocycles. The average molecular weight is 471 g/mol. The van der Waals surface area contributed by atoms with Gasteiger partial charge in [-0.15, -0.1) is 0 Å². The van der Waals surface area contributed by atoms with Gasteiger partial charge in [0.2, 0.25) is 0 Å². The van der Waals surface area contributed by atoms with E-state index in [0.717, 1.165) is 39.6 Å². The van der Waals surface area contributed by atoms with Gasteiger partial charge < -0.3 is 8.92 Å². The van der Waals surface area contributed by atoms with Gasteiger partial charge in [-0.05, 0) is 91.4 Å². The van der Waals surface area contributed by atoms with Crippen molar-refractivity contribution in [3.05, 3.63) is 82.4 Å². The van der Waals surface area contributed by atoms with Crippen molar-refractivity contribution < 1.29 is 17.3 Å². The molecule has 3 aromatic rings. The van der Waals surface area contributed by atoms with Crippen LogP contribution in [0.1, 0.15) is 25.0 Å². The molecule has 32 heavy (non-hydrogen) atoms. The Hall–Kier alpha value is -2.76. The normalized spacial score (nSPS) is 11.2. The van der Waals surface area contributed by atoms with Crippen molar-refractivity contribution in [3.63, 3.8) is 0 Å². The minimum Gasteiger partial charge on any atom is -0.488 e. The maximum absolute atomic E-state index is 11.3. The average Bonchev–Trinajstić information content (AvgIpc) is 2.70. The molecule has 0 heterocycles. The molecular formula is C26H27ClO4S. The molecule has 0 atom stereocenters. The number of rotatable bonds is 7.